The SMILES string of the molecule is CN=C(NCC1(CCOC)CCC1)NCC(C)(C)NC(C)c1ccccc1.I. The molecule has 0 aromatic heterocycles. The van der Waals surface area contributed by atoms with Gasteiger partial charge in [0.15, 0.2) is 5.96 Å². The molecule has 1 aromatic carbocycles. The van der Waals surface area contributed by atoms with E-state index >= 15 is 0 Å². The van der Waals surface area contributed by atoms with Crippen LogP contribution in [0.3, 0.4) is 0 Å². The quantitative estimate of drug-likeness (QED) is 0.256. The lowest BCUT2D eigenvalue weighted by molar-refractivity contribution is 0.0732. The zero-order valence-electron chi connectivity index (χ0n) is 18.2. The molecule has 0 bridgehead atoms. The third-order valence-corrected chi connectivity index (χ3v) is 5.71. The van der Waals surface area contributed by atoms with Gasteiger partial charge in [-0.2, -0.15) is 0 Å². The molecular weight excluding hydrogens is 463 g/mol. The second-order valence-corrected chi connectivity index (χ2v) is 8.54. The maximum absolute atomic E-state index is 5.29. The van der Waals surface area contributed by atoms with Gasteiger partial charge >= 0.3 is 0 Å². The first-order valence-electron chi connectivity index (χ1n) is 10.2. The number of ether oxygens (including phenoxy) is 1. The molecule has 1 aromatic rings. The molecule has 0 heterocycles. The van der Waals surface area contributed by atoms with Crippen molar-refractivity contribution >= 4 is 29.9 Å². The van der Waals surface area contributed by atoms with E-state index in [-0.39, 0.29) is 29.5 Å². The highest BCUT2D eigenvalue weighted by atomic mass is 127. The second-order valence-electron chi connectivity index (χ2n) is 8.54. The van der Waals surface area contributed by atoms with Crippen molar-refractivity contribution in [1.29, 1.82) is 0 Å². The van der Waals surface area contributed by atoms with Crippen molar-refractivity contribution in [3.63, 3.8) is 0 Å². The molecule has 5 nitrogen and oxygen atoms in total. The summed E-state index contributed by atoms with van der Waals surface area (Å²) in [5.74, 6) is 0.876. The molecule has 2 rings (SSSR count). The number of benzene rings is 1. The number of hydrogen-bond acceptors (Lipinski definition) is 3. The van der Waals surface area contributed by atoms with Gasteiger partial charge in [0.1, 0.15) is 0 Å². The Kier molecular flexibility index (Phi) is 10.8. The highest BCUT2D eigenvalue weighted by Gasteiger charge is 2.36. The maximum Gasteiger partial charge on any atom is 0.191 e. The average Bonchev–Trinajstić information content (AvgIpc) is 2.63. The average molecular weight is 502 g/mol. The van der Waals surface area contributed by atoms with E-state index in [0.29, 0.717) is 11.5 Å². The van der Waals surface area contributed by atoms with Crippen LogP contribution in [0.2, 0.25) is 0 Å². The van der Waals surface area contributed by atoms with Crippen LogP contribution in [0, 0.1) is 5.41 Å². The Balaban J connectivity index is 0.00000392. The largest absolute Gasteiger partial charge is 0.385 e. The van der Waals surface area contributed by atoms with Crippen molar-refractivity contribution in [1.82, 2.24) is 16.0 Å². The Hall–Kier alpha value is -0.860. The first-order chi connectivity index (χ1) is 12.9. The van der Waals surface area contributed by atoms with Gasteiger partial charge in [0, 0.05) is 45.4 Å². The summed E-state index contributed by atoms with van der Waals surface area (Å²) in [6.45, 7) is 9.25. The van der Waals surface area contributed by atoms with Crippen LogP contribution in [-0.2, 0) is 4.74 Å². The highest BCUT2D eigenvalue weighted by molar-refractivity contribution is 14.0. The number of nitrogens with zero attached hydrogens (tertiary/aromatic N) is 1. The molecule has 3 N–H and O–H groups in total. The number of hydrogen-bond donors (Lipinski definition) is 3. The minimum atomic E-state index is -0.0584. The minimum absolute atomic E-state index is 0. The first-order valence-corrected chi connectivity index (χ1v) is 10.2. The Morgan fingerprint density at radius 2 is 1.89 bits per heavy atom. The fourth-order valence-corrected chi connectivity index (χ4v) is 3.77. The highest BCUT2D eigenvalue weighted by Crippen LogP contribution is 2.43. The van der Waals surface area contributed by atoms with Crippen molar-refractivity contribution in [2.24, 2.45) is 10.4 Å². The summed E-state index contributed by atoms with van der Waals surface area (Å²) in [5, 5.41) is 10.7. The van der Waals surface area contributed by atoms with Crippen molar-refractivity contribution in [3.05, 3.63) is 35.9 Å². The summed E-state index contributed by atoms with van der Waals surface area (Å²) >= 11 is 0. The summed E-state index contributed by atoms with van der Waals surface area (Å²) < 4.78 is 5.29. The third kappa shape index (κ3) is 7.87. The number of rotatable bonds is 10. The van der Waals surface area contributed by atoms with E-state index in [1.54, 1.807) is 7.11 Å². The molecule has 1 atom stereocenters. The molecular formula is C22H39IN4O. The standard InChI is InChI=1S/C22H38N4O.HI/c1-18(19-10-7-6-8-11-19)26-21(2,3)16-24-20(23-4)25-17-22(12-9-13-22)14-15-27-5;/h6-8,10-11,18,26H,9,12-17H2,1-5H3,(H2,23,24,25);1H. The van der Waals surface area contributed by atoms with Crippen LogP contribution in [0.1, 0.15) is 58.1 Å². The van der Waals surface area contributed by atoms with Gasteiger partial charge in [0.05, 0.1) is 0 Å². The van der Waals surface area contributed by atoms with Gasteiger partial charge in [0.25, 0.3) is 0 Å². The molecule has 6 heteroatoms. The fraction of sp³-hybridized carbons (Fsp3) is 0.682. The lowest BCUT2D eigenvalue weighted by Crippen LogP contribution is -2.53. The molecule has 1 aliphatic carbocycles. The number of halogens is 1. The predicted octanol–water partition coefficient (Wildman–Crippen LogP) is 4.11. The molecule has 0 aliphatic heterocycles. The summed E-state index contributed by atoms with van der Waals surface area (Å²) in [6, 6.07) is 10.9. The topological polar surface area (TPSA) is 57.7 Å². The van der Waals surface area contributed by atoms with E-state index in [4.69, 9.17) is 4.74 Å². The van der Waals surface area contributed by atoms with Crippen molar-refractivity contribution in [3.8, 4) is 0 Å². The molecule has 1 unspecified atom stereocenters. The van der Waals surface area contributed by atoms with Gasteiger partial charge in [-0.15, -0.1) is 24.0 Å². The molecule has 0 radical (unpaired) electrons. The van der Waals surface area contributed by atoms with E-state index in [2.05, 4.69) is 72.0 Å². The Morgan fingerprint density at radius 1 is 1.21 bits per heavy atom. The van der Waals surface area contributed by atoms with Gasteiger partial charge in [-0.05, 0) is 51.0 Å². The van der Waals surface area contributed by atoms with Gasteiger partial charge in [-0.3, -0.25) is 4.99 Å². The number of methoxy groups -OCH3 is 1. The molecule has 1 fully saturated rings. The van der Waals surface area contributed by atoms with Crippen LogP contribution in [0.25, 0.3) is 0 Å². The van der Waals surface area contributed by atoms with E-state index in [1.165, 1.54) is 24.8 Å². The fourth-order valence-electron chi connectivity index (χ4n) is 3.77. The Morgan fingerprint density at radius 3 is 2.43 bits per heavy atom. The minimum Gasteiger partial charge on any atom is -0.385 e. The maximum atomic E-state index is 5.29. The van der Waals surface area contributed by atoms with Gasteiger partial charge in [-0.25, -0.2) is 0 Å². The van der Waals surface area contributed by atoms with Gasteiger partial charge < -0.3 is 20.7 Å². The van der Waals surface area contributed by atoms with Crippen LogP contribution in [0.15, 0.2) is 35.3 Å². The molecule has 160 valence electrons. The number of guanidine groups is 1. The number of nitrogens with one attached hydrogen (secondary N) is 3. The van der Waals surface area contributed by atoms with Gasteiger partial charge in [0.2, 0.25) is 0 Å². The normalized spacial score (nSPS) is 17.2. The van der Waals surface area contributed by atoms with Crippen molar-refractivity contribution in [2.45, 2.75) is 58.0 Å². The summed E-state index contributed by atoms with van der Waals surface area (Å²) in [5.41, 5.74) is 1.62. The smallest absolute Gasteiger partial charge is 0.191 e. The van der Waals surface area contributed by atoms with E-state index < -0.39 is 0 Å². The lowest BCUT2D eigenvalue weighted by atomic mass is 9.67. The predicted molar refractivity (Wildman–Crippen MR) is 130 cm³/mol. The lowest BCUT2D eigenvalue weighted by Gasteiger charge is -2.42. The van der Waals surface area contributed by atoms with Crippen LogP contribution >= 0.6 is 24.0 Å². The molecule has 0 saturated heterocycles. The van der Waals surface area contributed by atoms with Crippen LogP contribution in [0.4, 0.5) is 0 Å². The monoisotopic (exact) mass is 502 g/mol. The summed E-state index contributed by atoms with van der Waals surface area (Å²) in [7, 11) is 3.62. The van der Waals surface area contributed by atoms with Crippen LogP contribution in [-0.4, -0.2) is 45.4 Å². The van der Waals surface area contributed by atoms with Crippen LogP contribution < -0.4 is 16.0 Å². The van der Waals surface area contributed by atoms with E-state index in [0.717, 1.165) is 32.1 Å². The zero-order valence-corrected chi connectivity index (χ0v) is 20.5. The summed E-state index contributed by atoms with van der Waals surface area (Å²) in [4.78, 5) is 4.41. The molecule has 0 spiro atoms. The van der Waals surface area contributed by atoms with E-state index in [9.17, 15) is 0 Å². The summed E-state index contributed by atoms with van der Waals surface area (Å²) in [6.07, 6.45) is 5.00. The zero-order chi connectivity index (χ0) is 19.8. The van der Waals surface area contributed by atoms with Crippen molar-refractivity contribution in [2.75, 3.05) is 33.9 Å². The van der Waals surface area contributed by atoms with Gasteiger partial charge in [-0.1, -0.05) is 36.8 Å². The van der Waals surface area contributed by atoms with Crippen molar-refractivity contribution < 1.29 is 4.74 Å². The van der Waals surface area contributed by atoms with Crippen LogP contribution in [0.5, 0.6) is 0 Å². The first kappa shape index (κ1) is 25.2. The third-order valence-electron chi connectivity index (χ3n) is 5.71. The Bertz CT molecular complexity index is 587. The van der Waals surface area contributed by atoms with E-state index in [1.807, 2.05) is 7.05 Å². The molecule has 1 saturated carbocycles. The second kappa shape index (κ2) is 12.0. The number of aliphatic imine (C=N–C) groups is 1. The molecule has 1 aliphatic rings. The molecule has 28 heavy (non-hydrogen) atoms. The Labute approximate surface area is 188 Å². The molecule has 0 amide bonds.